The topological polar surface area (TPSA) is 105 Å². The Kier molecular flexibility index (Phi) is 5.03. The number of benzene rings is 1. The third kappa shape index (κ3) is 4.09. The minimum Gasteiger partial charge on any atom is -0.504 e. The first-order valence-corrected chi connectivity index (χ1v) is 7.09. The van der Waals surface area contributed by atoms with Crippen LogP contribution < -0.4 is 11.1 Å². The van der Waals surface area contributed by atoms with Gasteiger partial charge in [0.25, 0.3) is 0 Å². The molecule has 0 aliphatic heterocycles. The highest BCUT2D eigenvalue weighted by atomic mass is 16.5. The largest absolute Gasteiger partial charge is 0.504 e. The van der Waals surface area contributed by atoms with E-state index in [1.54, 1.807) is 13.2 Å². The molecule has 3 atom stereocenters. The molecule has 1 saturated carbocycles. The number of carbonyl (C=O) groups excluding carboxylic acids is 1. The van der Waals surface area contributed by atoms with Crippen molar-refractivity contribution < 1.29 is 19.7 Å². The number of phenols is 2. The van der Waals surface area contributed by atoms with E-state index in [1.807, 2.05) is 0 Å². The first kappa shape index (κ1) is 15.6. The van der Waals surface area contributed by atoms with Crippen LogP contribution in [0.3, 0.4) is 0 Å². The monoisotopic (exact) mass is 294 g/mol. The van der Waals surface area contributed by atoms with Crippen LogP contribution in [0.4, 0.5) is 0 Å². The average Bonchev–Trinajstić information content (AvgIpc) is 2.90. The number of nitrogens with two attached hydrogens (primary N) is 1. The van der Waals surface area contributed by atoms with Crippen LogP contribution in [0.5, 0.6) is 11.5 Å². The van der Waals surface area contributed by atoms with Crippen LogP contribution in [0.2, 0.25) is 0 Å². The van der Waals surface area contributed by atoms with Gasteiger partial charge in [0, 0.05) is 13.2 Å². The highest BCUT2D eigenvalue weighted by molar-refractivity contribution is 5.82. The molecule has 1 aromatic carbocycles. The van der Waals surface area contributed by atoms with Crippen LogP contribution in [0, 0.1) is 0 Å². The summed E-state index contributed by atoms with van der Waals surface area (Å²) in [6.45, 7) is 0. The van der Waals surface area contributed by atoms with E-state index in [1.165, 1.54) is 12.1 Å². The van der Waals surface area contributed by atoms with Crippen LogP contribution in [-0.2, 0) is 16.0 Å². The third-order valence-electron chi connectivity index (χ3n) is 3.90. The molecule has 6 heteroatoms. The van der Waals surface area contributed by atoms with Crippen LogP contribution in [0.25, 0.3) is 0 Å². The number of amides is 1. The fourth-order valence-corrected chi connectivity index (χ4v) is 2.64. The van der Waals surface area contributed by atoms with Gasteiger partial charge in [-0.3, -0.25) is 4.79 Å². The number of methoxy groups -OCH3 is 1. The van der Waals surface area contributed by atoms with Gasteiger partial charge >= 0.3 is 0 Å². The highest BCUT2D eigenvalue weighted by Crippen LogP contribution is 2.25. The van der Waals surface area contributed by atoms with Gasteiger partial charge in [0.05, 0.1) is 12.1 Å². The minimum absolute atomic E-state index is 0.113. The predicted octanol–water partition coefficient (Wildman–Crippen LogP) is 0.651. The van der Waals surface area contributed by atoms with E-state index in [9.17, 15) is 15.0 Å². The van der Waals surface area contributed by atoms with Crippen LogP contribution in [0.15, 0.2) is 18.2 Å². The second kappa shape index (κ2) is 6.78. The molecule has 0 saturated heterocycles. The van der Waals surface area contributed by atoms with Crippen molar-refractivity contribution >= 4 is 5.91 Å². The summed E-state index contributed by atoms with van der Waals surface area (Å²) in [5, 5.41) is 21.6. The van der Waals surface area contributed by atoms with Gasteiger partial charge in [-0.05, 0) is 43.4 Å². The summed E-state index contributed by atoms with van der Waals surface area (Å²) in [6, 6.07) is 3.87. The lowest BCUT2D eigenvalue weighted by molar-refractivity contribution is -0.123. The Bertz CT molecular complexity index is 506. The summed E-state index contributed by atoms with van der Waals surface area (Å²) < 4.78 is 5.27. The van der Waals surface area contributed by atoms with E-state index in [0.29, 0.717) is 12.0 Å². The highest BCUT2D eigenvalue weighted by Gasteiger charge is 2.27. The smallest absolute Gasteiger partial charge is 0.237 e. The lowest BCUT2D eigenvalue weighted by Gasteiger charge is -2.17. The lowest BCUT2D eigenvalue weighted by Crippen LogP contribution is -2.45. The fourth-order valence-electron chi connectivity index (χ4n) is 2.64. The molecule has 116 valence electrons. The minimum atomic E-state index is -0.685. The fraction of sp³-hybridized carbons (Fsp3) is 0.533. The van der Waals surface area contributed by atoms with Crippen LogP contribution in [-0.4, -0.2) is 41.4 Å². The molecule has 6 nitrogen and oxygen atoms in total. The van der Waals surface area contributed by atoms with Crippen LogP contribution in [0.1, 0.15) is 24.8 Å². The molecule has 0 heterocycles. The van der Waals surface area contributed by atoms with Crippen LogP contribution >= 0.6 is 0 Å². The van der Waals surface area contributed by atoms with Gasteiger partial charge in [-0.1, -0.05) is 6.07 Å². The summed E-state index contributed by atoms with van der Waals surface area (Å²) in [7, 11) is 1.68. The number of nitrogens with one attached hydrogen (secondary N) is 1. The molecule has 0 bridgehead atoms. The number of hydrogen-bond donors (Lipinski definition) is 4. The second-order valence-corrected chi connectivity index (χ2v) is 5.51. The zero-order valence-corrected chi connectivity index (χ0v) is 12.1. The van der Waals surface area contributed by atoms with Gasteiger partial charge in [0.1, 0.15) is 0 Å². The molecule has 0 aromatic heterocycles. The molecule has 1 aliphatic rings. The molecule has 1 aliphatic carbocycles. The maximum Gasteiger partial charge on any atom is 0.237 e. The molecule has 5 N–H and O–H groups in total. The molecule has 1 amide bonds. The summed E-state index contributed by atoms with van der Waals surface area (Å²) >= 11 is 0. The summed E-state index contributed by atoms with van der Waals surface area (Å²) in [5.74, 6) is -0.600. The van der Waals surface area contributed by atoms with Gasteiger partial charge in [0.15, 0.2) is 11.5 Å². The van der Waals surface area contributed by atoms with Gasteiger partial charge < -0.3 is 26.0 Å². The zero-order chi connectivity index (χ0) is 15.4. The summed E-state index contributed by atoms with van der Waals surface area (Å²) in [5.41, 5.74) is 6.60. The van der Waals surface area contributed by atoms with Gasteiger partial charge in [0.2, 0.25) is 5.91 Å². The van der Waals surface area contributed by atoms with Crippen molar-refractivity contribution in [2.45, 2.75) is 43.9 Å². The Morgan fingerprint density at radius 1 is 1.43 bits per heavy atom. The van der Waals surface area contributed by atoms with Crippen molar-refractivity contribution in [1.29, 1.82) is 0 Å². The Labute approximate surface area is 123 Å². The number of phenolic OH excluding ortho intramolecular Hbond substituents is 2. The molecule has 1 fully saturated rings. The number of aromatic hydroxyl groups is 2. The zero-order valence-electron chi connectivity index (χ0n) is 12.1. The quantitative estimate of drug-likeness (QED) is 0.597. The number of carbonyl (C=O) groups is 1. The molecule has 0 radical (unpaired) electrons. The van der Waals surface area contributed by atoms with E-state index in [-0.39, 0.29) is 29.6 Å². The van der Waals surface area contributed by atoms with Crippen molar-refractivity contribution in [3.8, 4) is 11.5 Å². The van der Waals surface area contributed by atoms with Gasteiger partial charge in [-0.25, -0.2) is 0 Å². The number of hydrogen-bond acceptors (Lipinski definition) is 5. The van der Waals surface area contributed by atoms with Crippen molar-refractivity contribution in [1.82, 2.24) is 5.32 Å². The first-order valence-electron chi connectivity index (χ1n) is 7.09. The lowest BCUT2D eigenvalue weighted by atomic mass is 10.0. The first-order chi connectivity index (χ1) is 9.99. The van der Waals surface area contributed by atoms with Crippen molar-refractivity contribution in [2.75, 3.05) is 7.11 Å². The van der Waals surface area contributed by atoms with Crippen molar-refractivity contribution in [3.63, 3.8) is 0 Å². The summed E-state index contributed by atoms with van der Waals surface area (Å²) in [6.07, 6.45) is 3.18. The second-order valence-electron chi connectivity index (χ2n) is 5.51. The standard InChI is InChI=1S/C15H22N2O4/c1-21-11-4-3-10(8-11)17-15(20)12(16)6-9-2-5-13(18)14(19)7-9/h2,5,7,10-12,18-19H,3-4,6,8,16H2,1H3,(H,17,20)/t10?,11?,12-/m0/s1. The maximum absolute atomic E-state index is 12.1. The van der Waals surface area contributed by atoms with E-state index >= 15 is 0 Å². The van der Waals surface area contributed by atoms with E-state index < -0.39 is 6.04 Å². The van der Waals surface area contributed by atoms with Crippen molar-refractivity contribution in [3.05, 3.63) is 23.8 Å². The Balaban J connectivity index is 1.86. The Morgan fingerprint density at radius 3 is 2.81 bits per heavy atom. The maximum atomic E-state index is 12.1. The third-order valence-corrected chi connectivity index (χ3v) is 3.90. The van der Waals surface area contributed by atoms with Crippen molar-refractivity contribution in [2.24, 2.45) is 5.73 Å². The van der Waals surface area contributed by atoms with E-state index in [0.717, 1.165) is 19.3 Å². The van der Waals surface area contributed by atoms with E-state index in [4.69, 9.17) is 10.5 Å². The molecule has 2 rings (SSSR count). The Hall–Kier alpha value is -1.79. The summed E-state index contributed by atoms with van der Waals surface area (Å²) in [4.78, 5) is 12.1. The molecular formula is C15H22N2O4. The average molecular weight is 294 g/mol. The molecule has 21 heavy (non-hydrogen) atoms. The van der Waals surface area contributed by atoms with Gasteiger partial charge in [-0.2, -0.15) is 0 Å². The van der Waals surface area contributed by atoms with E-state index in [2.05, 4.69) is 5.32 Å². The Morgan fingerprint density at radius 2 is 2.19 bits per heavy atom. The SMILES string of the molecule is COC1CCC(NC(=O)[C@@H](N)Cc2ccc(O)c(O)c2)C1. The number of rotatable bonds is 5. The number of ether oxygens (including phenoxy) is 1. The molecular weight excluding hydrogens is 272 g/mol. The normalized spacial score (nSPS) is 23.0. The molecule has 1 aromatic rings. The molecule has 2 unspecified atom stereocenters. The van der Waals surface area contributed by atoms with Gasteiger partial charge in [-0.15, -0.1) is 0 Å². The molecule has 0 spiro atoms. The predicted molar refractivity (Wildman–Crippen MR) is 78.0 cm³/mol.